The standard InChI is InChI=1S/C16H35NO4.C2H6/c1-15(2,20-5)8-13-21-16(3,4)14-17(9-6-11-18)10-7-12-19;1-2/h18-19H,6-14H2,1-5H3;1-2H3. The fraction of sp³-hybridized carbons (Fsp3) is 1.00. The molecule has 0 aliphatic carbocycles. The number of ether oxygens (including phenoxy) is 2. The molecule has 0 aliphatic rings. The topological polar surface area (TPSA) is 62.2 Å². The lowest BCUT2D eigenvalue weighted by Crippen LogP contribution is -2.42. The number of methoxy groups -OCH3 is 1. The van der Waals surface area contributed by atoms with Crippen molar-refractivity contribution >= 4 is 0 Å². The maximum atomic E-state index is 8.98. The van der Waals surface area contributed by atoms with E-state index < -0.39 is 0 Å². The number of rotatable bonds is 13. The van der Waals surface area contributed by atoms with Gasteiger partial charge in [-0.2, -0.15) is 0 Å². The van der Waals surface area contributed by atoms with Gasteiger partial charge in [0.1, 0.15) is 0 Å². The minimum Gasteiger partial charge on any atom is -0.396 e. The Morgan fingerprint density at radius 3 is 1.74 bits per heavy atom. The Balaban J connectivity index is 0. The van der Waals surface area contributed by atoms with Crippen LogP contribution in [0, 0.1) is 0 Å². The van der Waals surface area contributed by atoms with E-state index in [2.05, 4.69) is 32.6 Å². The molecule has 0 aliphatic heterocycles. The van der Waals surface area contributed by atoms with Gasteiger partial charge in [0.2, 0.25) is 0 Å². The molecule has 2 N–H and O–H groups in total. The van der Waals surface area contributed by atoms with Gasteiger partial charge in [0.25, 0.3) is 0 Å². The fourth-order valence-electron chi connectivity index (χ4n) is 2.12. The van der Waals surface area contributed by atoms with Crippen LogP contribution in [0.25, 0.3) is 0 Å². The number of aliphatic hydroxyl groups is 2. The molecule has 0 radical (unpaired) electrons. The van der Waals surface area contributed by atoms with Gasteiger partial charge in [-0.3, -0.25) is 0 Å². The molecular weight excluding hydrogens is 294 g/mol. The van der Waals surface area contributed by atoms with Gasteiger partial charge in [-0.15, -0.1) is 0 Å². The number of hydrogen-bond donors (Lipinski definition) is 2. The van der Waals surface area contributed by atoms with Gasteiger partial charge in [-0.1, -0.05) is 13.8 Å². The first-order chi connectivity index (χ1) is 10.8. The molecule has 0 heterocycles. The van der Waals surface area contributed by atoms with Crippen molar-refractivity contribution < 1.29 is 19.7 Å². The minimum atomic E-state index is -0.255. The summed E-state index contributed by atoms with van der Waals surface area (Å²) in [5.74, 6) is 0. The van der Waals surface area contributed by atoms with E-state index in [0.717, 1.165) is 38.9 Å². The van der Waals surface area contributed by atoms with Crippen LogP contribution < -0.4 is 0 Å². The van der Waals surface area contributed by atoms with Gasteiger partial charge in [0, 0.05) is 40.0 Å². The molecule has 0 aromatic carbocycles. The smallest absolute Gasteiger partial charge is 0.0752 e. The molecule has 0 unspecified atom stereocenters. The molecule has 0 amide bonds. The highest BCUT2D eigenvalue weighted by atomic mass is 16.5. The fourth-order valence-corrected chi connectivity index (χ4v) is 2.12. The van der Waals surface area contributed by atoms with Crippen LogP contribution in [0.4, 0.5) is 0 Å². The maximum Gasteiger partial charge on any atom is 0.0752 e. The molecule has 0 saturated heterocycles. The quantitative estimate of drug-likeness (QED) is 0.542. The van der Waals surface area contributed by atoms with E-state index >= 15 is 0 Å². The predicted molar refractivity (Wildman–Crippen MR) is 96.9 cm³/mol. The third-order valence-corrected chi connectivity index (χ3v) is 3.62. The van der Waals surface area contributed by atoms with Crippen molar-refractivity contribution in [3.8, 4) is 0 Å². The molecular formula is C18H41NO4. The summed E-state index contributed by atoms with van der Waals surface area (Å²) < 4.78 is 11.4. The Morgan fingerprint density at radius 2 is 1.35 bits per heavy atom. The first-order valence-corrected chi connectivity index (χ1v) is 8.89. The van der Waals surface area contributed by atoms with E-state index in [-0.39, 0.29) is 24.4 Å². The molecule has 0 bridgehead atoms. The highest BCUT2D eigenvalue weighted by Crippen LogP contribution is 2.17. The summed E-state index contributed by atoms with van der Waals surface area (Å²) in [5, 5.41) is 18.0. The number of aliphatic hydroxyl groups excluding tert-OH is 2. The van der Waals surface area contributed by atoms with Gasteiger partial charge in [0.15, 0.2) is 0 Å². The third kappa shape index (κ3) is 15.1. The van der Waals surface area contributed by atoms with E-state index in [4.69, 9.17) is 19.7 Å². The molecule has 5 heteroatoms. The lowest BCUT2D eigenvalue weighted by atomic mass is 10.1. The molecule has 23 heavy (non-hydrogen) atoms. The normalized spacial score (nSPS) is 12.3. The van der Waals surface area contributed by atoms with Crippen molar-refractivity contribution in [2.45, 2.75) is 72.0 Å². The Kier molecular flexibility index (Phi) is 15.4. The van der Waals surface area contributed by atoms with E-state index in [1.807, 2.05) is 13.8 Å². The molecule has 0 spiro atoms. The van der Waals surface area contributed by atoms with E-state index in [0.29, 0.717) is 6.61 Å². The lowest BCUT2D eigenvalue weighted by molar-refractivity contribution is -0.0707. The van der Waals surface area contributed by atoms with Gasteiger partial charge in [-0.25, -0.2) is 0 Å². The van der Waals surface area contributed by atoms with Crippen LogP contribution >= 0.6 is 0 Å². The zero-order valence-electron chi connectivity index (χ0n) is 16.5. The largest absolute Gasteiger partial charge is 0.396 e. The van der Waals surface area contributed by atoms with Gasteiger partial charge < -0.3 is 24.6 Å². The van der Waals surface area contributed by atoms with Crippen LogP contribution in [0.5, 0.6) is 0 Å². The van der Waals surface area contributed by atoms with Crippen molar-refractivity contribution in [2.24, 2.45) is 0 Å². The summed E-state index contributed by atoms with van der Waals surface area (Å²) in [6, 6.07) is 0. The molecule has 0 saturated carbocycles. The summed E-state index contributed by atoms with van der Waals surface area (Å²) in [4.78, 5) is 2.24. The second kappa shape index (κ2) is 14.2. The van der Waals surface area contributed by atoms with E-state index in [1.54, 1.807) is 7.11 Å². The monoisotopic (exact) mass is 335 g/mol. The zero-order chi connectivity index (χ0) is 18.4. The Bertz CT molecular complexity index is 249. The summed E-state index contributed by atoms with van der Waals surface area (Å²) in [6.45, 7) is 15.8. The summed E-state index contributed by atoms with van der Waals surface area (Å²) in [6.07, 6.45) is 2.34. The van der Waals surface area contributed by atoms with Crippen LogP contribution in [0.1, 0.15) is 60.8 Å². The summed E-state index contributed by atoms with van der Waals surface area (Å²) >= 11 is 0. The van der Waals surface area contributed by atoms with Gasteiger partial charge in [0.05, 0.1) is 17.8 Å². The predicted octanol–water partition coefficient (Wildman–Crippen LogP) is 2.69. The molecule has 142 valence electrons. The first-order valence-electron chi connectivity index (χ1n) is 8.89. The minimum absolute atomic E-state index is 0.163. The molecule has 0 rings (SSSR count). The average Bonchev–Trinajstić information content (AvgIpc) is 2.51. The molecule has 0 aromatic heterocycles. The highest BCUT2D eigenvalue weighted by molar-refractivity contribution is 4.76. The van der Waals surface area contributed by atoms with Gasteiger partial charge in [-0.05, 0) is 47.0 Å². The van der Waals surface area contributed by atoms with Crippen molar-refractivity contribution in [3.63, 3.8) is 0 Å². The van der Waals surface area contributed by atoms with Crippen molar-refractivity contribution in [2.75, 3.05) is 46.6 Å². The van der Waals surface area contributed by atoms with Crippen LogP contribution in [-0.4, -0.2) is 72.9 Å². The molecule has 0 fully saturated rings. The van der Waals surface area contributed by atoms with Crippen molar-refractivity contribution in [1.29, 1.82) is 0 Å². The van der Waals surface area contributed by atoms with Crippen LogP contribution in [0.15, 0.2) is 0 Å². The molecule has 5 nitrogen and oxygen atoms in total. The van der Waals surface area contributed by atoms with E-state index in [1.165, 1.54) is 0 Å². The molecule has 0 atom stereocenters. The van der Waals surface area contributed by atoms with E-state index in [9.17, 15) is 0 Å². The first kappa shape index (κ1) is 25.0. The lowest BCUT2D eigenvalue weighted by Gasteiger charge is -2.34. The second-order valence-corrected chi connectivity index (χ2v) is 6.75. The third-order valence-electron chi connectivity index (χ3n) is 3.62. The average molecular weight is 336 g/mol. The van der Waals surface area contributed by atoms with Gasteiger partial charge >= 0.3 is 0 Å². The second-order valence-electron chi connectivity index (χ2n) is 6.75. The molecule has 0 aromatic rings. The van der Waals surface area contributed by atoms with Crippen molar-refractivity contribution in [1.82, 2.24) is 4.90 Å². The van der Waals surface area contributed by atoms with Crippen LogP contribution in [0.3, 0.4) is 0 Å². The summed E-state index contributed by atoms with van der Waals surface area (Å²) in [7, 11) is 1.72. The van der Waals surface area contributed by atoms with Crippen molar-refractivity contribution in [3.05, 3.63) is 0 Å². The Hall–Kier alpha value is -0.200. The van der Waals surface area contributed by atoms with Crippen LogP contribution in [-0.2, 0) is 9.47 Å². The van der Waals surface area contributed by atoms with Crippen LogP contribution in [0.2, 0.25) is 0 Å². The Labute approximate surface area is 144 Å². The maximum absolute atomic E-state index is 8.98. The highest BCUT2D eigenvalue weighted by Gasteiger charge is 2.24. The SMILES string of the molecule is CC.COC(C)(C)CCOC(C)(C)CN(CCCO)CCCO. The zero-order valence-corrected chi connectivity index (χ0v) is 16.5. The summed E-state index contributed by atoms with van der Waals surface area (Å²) in [5.41, 5.74) is -0.418. The number of nitrogens with zero attached hydrogens (tertiary/aromatic N) is 1. The Morgan fingerprint density at radius 1 is 0.870 bits per heavy atom. The number of hydrogen-bond acceptors (Lipinski definition) is 5.